The lowest BCUT2D eigenvalue weighted by molar-refractivity contribution is -0.116. The molecule has 0 spiro atoms. The standard InChI is InChI=1S/C15H26N2O/c1-2-3-6-11-15(18)17-13-12-16-14-9-7-4-5-8-10-14/h2-3,6,11,14,16H,4-5,7-10,12-13H2,1H3,(H,17,18). The van der Waals surface area contributed by atoms with E-state index in [1.807, 2.05) is 19.1 Å². The van der Waals surface area contributed by atoms with Crippen LogP contribution in [0.3, 0.4) is 0 Å². The summed E-state index contributed by atoms with van der Waals surface area (Å²) in [4.78, 5) is 11.4. The largest absolute Gasteiger partial charge is 0.351 e. The Bertz CT molecular complexity index is 276. The third-order valence-corrected chi connectivity index (χ3v) is 3.26. The summed E-state index contributed by atoms with van der Waals surface area (Å²) in [5.41, 5.74) is 0. The molecule has 0 saturated heterocycles. The van der Waals surface area contributed by atoms with Gasteiger partial charge >= 0.3 is 0 Å². The van der Waals surface area contributed by atoms with E-state index < -0.39 is 0 Å². The van der Waals surface area contributed by atoms with Gasteiger partial charge in [-0.05, 0) is 19.8 Å². The molecule has 0 aliphatic heterocycles. The van der Waals surface area contributed by atoms with Crippen molar-refractivity contribution in [2.75, 3.05) is 13.1 Å². The smallest absolute Gasteiger partial charge is 0.244 e. The number of hydrogen-bond acceptors (Lipinski definition) is 2. The summed E-state index contributed by atoms with van der Waals surface area (Å²) < 4.78 is 0. The Morgan fingerprint density at radius 2 is 1.83 bits per heavy atom. The SMILES string of the molecule is CC=CC=CC(=O)NCCNC1CCCCCC1. The van der Waals surface area contributed by atoms with E-state index >= 15 is 0 Å². The summed E-state index contributed by atoms with van der Waals surface area (Å²) in [6.07, 6.45) is 15.1. The van der Waals surface area contributed by atoms with E-state index in [9.17, 15) is 4.79 Å². The summed E-state index contributed by atoms with van der Waals surface area (Å²) >= 11 is 0. The van der Waals surface area contributed by atoms with Gasteiger partial charge in [0.1, 0.15) is 0 Å². The zero-order valence-electron chi connectivity index (χ0n) is 11.5. The molecule has 0 aromatic carbocycles. The van der Waals surface area contributed by atoms with E-state index in [-0.39, 0.29) is 5.91 Å². The maximum absolute atomic E-state index is 11.4. The maximum atomic E-state index is 11.4. The van der Waals surface area contributed by atoms with Crippen molar-refractivity contribution in [3.05, 3.63) is 24.3 Å². The first kappa shape index (κ1) is 15.0. The van der Waals surface area contributed by atoms with Crippen LogP contribution in [0.5, 0.6) is 0 Å². The highest BCUT2D eigenvalue weighted by molar-refractivity contribution is 5.87. The zero-order valence-corrected chi connectivity index (χ0v) is 11.5. The number of rotatable bonds is 6. The number of carbonyl (C=O) groups excluding carboxylic acids is 1. The summed E-state index contributed by atoms with van der Waals surface area (Å²) in [6.45, 7) is 3.50. The third kappa shape index (κ3) is 7.28. The minimum Gasteiger partial charge on any atom is -0.351 e. The molecule has 3 heteroatoms. The molecule has 0 aromatic rings. The lowest BCUT2D eigenvalue weighted by Crippen LogP contribution is -2.36. The Hall–Kier alpha value is -1.09. The van der Waals surface area contributed by atoms with Gasteiger partial charge in [-0.15, -0.1) is 0 Å². The Balaban J connectivity index is 2.05. The summed E-state index contributed by atoms with van der Waals surface area (Å²) in [7, 11) is 0. The molecule has 2 N–H and O–H groups in total. The van der Waals surface area contributed by atoms with Crippen LogP contribution >= 0.6 is 0 Å². The van der Waals surface area contributed by atoms with Crippen LogP contribution in [-0.2, 0) is 4.79 Å². The Morgan fingerprint density at radius 3 is 2.50 bits per heavy atom. The van der Waals surface area contributed by atoms with Crippen LogP contribution in [0.4, 0.5) is 0 Å². The van der Waals surface area contributed by atoms with Gasteiger partial charge in [0.2, 0.25) is 5.91 Å². The molecular weight excluding hydrogens is 224 g/mol. The Labute approximate surface area is 111 Å². The molecule has 0 atom stereocenters. The minimum atomic E-state index is -0.0178. The number of carbonyl (C=O) groups is 1. The summed E-state index contributed by atoms with van der Waals surface area (Å²) in [5.74, 6) is -0.0178. The van der Waals surface area contributed by atoms with Crippen LogP contribution in [0.1, 0.15) is 45.4 Å². The molecule has 1 saturated carbocycles. The highest BCUT2D eigenvalue weighted by Crippen LogP contribution is 2.16. The van der Waals surface area contributed by atoms with Crippen molar-refractivity contribution in [3.63, 3.8) is 0 Å². The van der Waals surface area contributed by atoms with Crippen molar-refractivity contribution in [2.45, 2.75) is 51.5 Å². The monoisotopic (exact) mass is 250 g/mol. The molecule has 1 aliphatic carbocycles. The number of allylic oxidation sites excluding steroid dienone is 3. The molecule has 0 aromatic heterocycles. The molecule has 0 unspecified atom stereocenters. The first-order chi connectivity index (χ1) is 8.83. The molecule has 0 radical (unpaired) electrons. The van der Waals surface area contributed by atoms with E-state index in [1.54, 1.807) is 12.2 Å². The van der Waals surface area contributed by atoms with Crippen molar-refractivity contribution in [3.8, 4) is 0 Å². The second kappa shape index (κ2) is 9.89. The van der Waals surface area contributed by atoms with Crippen molar-refractivity contribution in [2.24, 2.45) is 0 Å². The average Bonchev–Trinajstić information content (AvgIpc) is 2.63. The second-order valence-electron chi connectivity index (χ2n) is 4.82. The van der Waals surface area contributed by atoms with Crippen LogP contribution in [0.25, 0.3) is 0 Å². The third-order valence-electron chi connectivity index (χ3n) is 3.26. The van der Waals surface area contributed by atoms with E-state index in [0.29, 0.717) is 12.6 Å². The predicted molar refractivity (Wildman–Crippen MR) is 76.5 cm³/mol. The lowest BCUT2D eigenvalue weighted by Gasteiger charge is -2.15. The summed E-state index contributed by atoms with van der Waals surface area (Å²) in [6, 6.07) is 0.656. The van der Waals surface area contributed by atoms with Gasteiger partial charge in [-0.1, -0.05) is 43.9 Å². The first-order valence-electron chi connectivity index (χ1n) is 7.13. The molecule has 18 heavy (non-hydrogen) atoms. The second-order valence-corrected chi connectivity index (χ2v) is 4.82. The zero-order chi connectivity index (χ0) is 13.1. The predicted octanol–water partition coefficient (Wildman–Crippen LogP) is 2.55. The van der Waals surface area contributed by atoms with E-state index in [4.69, 9.17) is 0 Å². The van der Waals surface area contributed by atoms with Crippen molar-refractivity contribution in [1.29, 1.82) is 0 Å². The van der Waals surface area contributed by atoms with E-state index in [0.717, 1.165) is 6.54 Å². The quantitative estimate of drug-likeness (QED) is 0.329. The summed E-state index contributed by atoms with van der Waals surface area (Å²) in [5, 5.41) is 6.41. The molecular formula is C15H26N2O. The maximum Gasteiger partial charge on any atom is 0.244 e. The molecule has 0 bridgehead atoms. The molecule has 0 heterocycles. The molecule has 1 aliphatic rings. The van der Waals surface area contributed by atoms with Crippen LogP contribution in [-0.4, -0.2) is 25.0 Å². The van der Waals surface area contributed by atoms with Gasteiger partial charge in [-0.25, -0.2) is 0 Å². The van der Waals surface area contributed by atoms with Gasteiger partial charge in [0.05, 0.1) is 0 Å². The highest BCUT2D eigenvalue weighted by atomic mass is 16.1. The van der Waals surface area contributed by atoms with Gasteiger partial charge in [-0.2, -0.15) is 0 Å². The lowest BCUT2D eigenvalue weighted by atomic mass is 10.1. The number of nitrogens with one attached hydrogen (secondary N) is 2. The van der Waals surface area contributed by atoms with Gasteiger partial charge in [0.15, 0.2) is 0 Å². The van der Waals surface area contributed by atoms with E-state index in [1.165, 1.54) is 38.5 Å². The Morgan fingerprint density at radius 1 is 1.11 bits per heavy atom. The topological polar surface area (TPSA) is 41.1 Å². The number of hydrogen-bond donors (Lipinski definition) is 2. The Kier molecular flexibility index (Phi) is 8.23. The van der Waals surface area contributed by atoms with Crippen molar-refractivity contribution >= 4 is 5.91 Å². The first-order valence-corrected chi connectivity index (χ1v) is 7.13. The molecule has 1 rings (SSSR count). The minimum absolute atomic E-state index is 0.0178. The fourth-order valence-corrected chi connectivity index (χ4v) is 2.26. The van der Waals surface area contributed by atoms with Gasteiger partial charge in [0.25, 0.3) is 0 Å². The van der Waals surface area contributed by atoms with Crippen LogP contribution in [0.2, 0.25) is 0 Å². The normalized spacial score (nSPS) is 18.3. The van der Waals surface area contributed by atoms with E-state index in [2.05, 4.69) is 10.6 Å². The van der Waals surface area contributed by atoms with Crippen molar-refractivity contribution in [1.82, 2.24) is 10.6 Å². The number of amides is 1. The molecule has 1 amide bonds. The van der Waals surface area contributed by atoms with Crippen LogP contribution < -0.4 is 10.6 Å². The average molecular weight is 250 g/mol. The van der Waals surface area contributed by atoms with Gasteiger partial charge < -0.3 is 10.6 Å². The highest BCUT2D eigenvalue weighted by Gasteiger charge is 2.10. The fourth-order valence-electron chi connectivity index (χ4n) is 2.26. The molecule has 3 nitrogen and oxygen atoms in total. The molecule has 102 valence electrons. The fraction of sp³-hybridized carbons (Fsp3) is 0.667. The van der Waals surface area contributed by atoms with Gasteiger partial charge in [0, 0.05) is 25.2 Å². The van der Waals surface area contributed by atoms with Crippen molar-refractivity contribution < 1.29 is 4.79 Å². The van der Waals surface area contributed by atoms with Crippen LogP contribution in [0.15, 0.2) is 24.3 Å². The molecule has 1 fully saturated rings. The van der Waals surface area contributed by atoms with Crippen LogP contribution in [0, 0.1) is 0 Å². The van der Waals surface area contributed by atoms with Gasteiger partial charge in [-0.3, -0.25) is 4.79 Å².